The third-order valence-corrected chi connectivity index (χ3v) is 5.85. The molecule has 8 nitrogen and oxygen atoms in total. The number of urea groups is 1. The van der Waals surface area contributed by atoms with Gasteiger partial charge in [0.25, 0.3) is 10.2 Å². The van der Waals surface area contributed by atoms with Gasteiger partial charge in [0.05, 0.1) is 12.8 Å². The first-order chi connectivity index (χ1) is 11.2. The minimum absolute atomic E-state index is 0.0640. The summed E-state index contributed by atoms with van der Waals surface area (Å²) in [5, 5.41) is 2.80. The number of carbonyl (C=O) groups is 1. The van der Waals surface area contributed by atoms with Crippen LogP contribution in [-0.2, 0) is 16.8 Å². The van der Waals surface area contributed by atoms with Gasteiger partial charge in [-0.05, 0) is 24.0 Å². The molecule has 0 aromatic carbocycles. The fraction of sp³-hybridized carbons (Fsp3) is 0.667. The molecule has 1 aromatic rings. The lowest BCUT2D eigenvalue weighted by atomic mass is 9.92. The standard InChI is InChI=1S/C15H26N4O4S/c1-11(2)13-9-19(10-14(13)17-24(21,22)18(3)4)15(20)16-8-12-6-5-7-23-12/h5-7,11,13-14,17H,8-10H2,1-4H3,(H,16,20)/t13-,14+/m0/s1. The first-order valence-corrected chi connectivity index (χ1v) is 9.39. The highest BCUT2D eigenvalue weighted by Crippen LogP contribution is 2.25. The topological polar surface area (TPSA) is 94.9 Å². The third kappa shape index (κ3) is 4.49. The van der Waals surface area contributed by atoms with Crippen LogP contribution in [-0.4, -0.2) is 56.9 Å². The zero-order valence-corrected chi connectivity index (χ0v) is 15.3. The zero-order valence-electron chi connectivity index (χ0n) is 14.5. The quantitative estimate of drug-likeness (QED) is 0.788. The molecular weight excluding hydrogens is 332 g/mol. The van der Waals surface area contributed by atoms with Crippen LogP contribution in [0.1, 0.15) is 19.6 Å². The van der Waals surface area contributed by atoms with Gasteiger partial charge < -0.3 is 14.6 Å². The van der Waals surface area contributed by atoms with E-state index in [2.05, 4.69) is 10.0 Å². The summed E-state index contributed by atoms with van der Waals surface area (Å²) in [6, 6.07) is 3.03. The van der Waals surface area contributed by atoms with Crippen molar-refractivity contribution in [2.24, 2.45) is 11.8 Å². The Morgan fingerprint density at radius 3 is 2.67 bits per heavy atom. The molecular formula is C15H26N4O4S. The zero-order chi connectivity index (χ0) is 17.9. The lowest BCUT2D eigenvalue weighted by Crippen LogP contribution is -2.47. The summed E-state index contributed by atoms with van der Waals surface area (Å²) in [6.45, 7) is 5.24. The molecule has 24 heavy (non-hydrogen) atoms. The first kappa shape index (κ1) is 18.8. The lowest BCUT2D eigenvalue weighted by Gasteiger charge is -2.24. The van der Waals surface area contributed by atoms with E-state index in [4.69, 9.17) is 4.42 Å². The second-order valence-electron chi connectivity index (χ2n) is 6.56. The molecule has 1 aliphatic rings. The van der Waals surface area contributed by atoms with Gasteiger partial charge in [0.1, 0.15) is 5.76 Å². The van der Waals surface area contributed by atoms with E-state index in [1.165, 1.54) is 14.1 Å². The highest BCUT2D eigenvalue weighted by Gasteiger charge is 2.39. The fourth-order valence-corrected chi connectivity index (χ4v) is 3.62. The number of rotatable bonds is 6. The van der Waals surface area contributed by atoms with Gasteiger partial charge in [0, 0.05) is 33.2 Å². The third-order valence-electron chi connectivity index (χ3n) is 4.28. The van der Waals surface area contributed by atoms with Gasteiger partial charge in [-0.1, -0.05) is 13.8 Å². The molecule has 2 atom stereocenters. The summed E-state index contributed by atoms with van der Waals surface area (Å²) in [5.74, 6) is 0.990. The van der Waals surface area contributed by atoms with Crippen molar-refractivity contribution >= 4 is 16.2 Å². The molecule has 0 unspecified atom stereocenters. The molecule has 136 valence electrons. The van der Waals surface area contributed by atoms with E-state index in [1.54, 1.807) is 23.3 Å². The van der Waals surface area contributed by atoms with Crippen LogP contribution in [0.25, 0.3) is 0 Å². The monoisotopic (exact) mass is 358 g/mol. The van der Waals surface area contributed by atoms with Crippen molar-refractivity contribution in [1.82, 2.24) is 19.2 Å². The minimum atomic E-state index is -3.53. The number of furan rings is 1. The second kappa shape index (κ2) is 7.54. The molecule has 9 heteroatoms. The summed E-state index contributed by atoms with van der Waals surface area (Å²) in [6.07, 6.45) is 1.55. The van der Waals surface area contributed by atoms with Gasteiger partial charge in [0.2, 0.25) is 0 Å². The highest BCUT2D eigenvalue weighted by molar-refractivity contribution is 7.87. The molecule has 0 saturated carbocycles. The molecule has 1 aromatic heterocycles. The average molecular weight is 358 g/mol. The molecule has 1 saturated heterocycles. The normalized spacial score (nSPS) is 21.7. The number of hydrogen-bond acceptors (Lipinski definition) is 4. The lowest BCUT2D eigenvalue weighted by molar-refractivity contribution is 0.204. The van der Waals surface area contributed by atoms with Crippen molar-refractivity contribution in [3.63, 3.8) is 0 Å². The largest absolute Gasteiger partial charge is 0.467 e. The van der Waals surface area contributed by atoms with Crippen LogP contribution >= 0.6 is 0 Å². The smallest absolute Gasteiger partial charge is 0.317 e. The maximum atomic E-state index is 12.3. The summed E-state index contributed by atoms with van der Waals surface area (Å²) in [7, 11) is -0.572. The predicted octanol–water partition coefficient (Wildman–Crippen LogP) is 0.842. The minimum Gasteiger partial charge on any atom is -0.467 e. The van der Waals surface area contributed by atoms with Gasteiger partial charge in [0.15, 0.2) is 0 Å². The van der Waals surface area contributed by atoms with E-state index < -0.39 is 10.2 Å². The maximum Gasteiger partial charge on any atom is 0.317 e. The SMILES string of the molecule is CC(C)[C@@H]1CN(C(=O)NCc2ccco2)C[C@H]1NS(=O)(=O)N(C)C. The van der Waals surface area contributed by atoms with Crippen molar-refractivity contribution in [2.75, 3.05) is 27.2 Å². The van der Waals surface area contributed by atoms with Gasteiger partial charge in [-0.2, -0.15) is 17.4 Å². The van der Waals surface area contributed by atoms with Crippen molar-refractivity contribution in [3.8, 4) is 0 Å². The van der Waals surface area contributed by atoms with E-state index in [0.29, 0.717) is 25.4 Å². The van der Waals surface area contributed by atoms with Crippen LogP contribution in [0.15, 0.2) is 22.8 Å². The first-order valence-electron chi connectivity index (χ1n) is 7.95. The second-order valence-corrected chi connectivity index (χ2v) is 8.48. The fourth-order valence-electron chi connectivity index (χ4n) is 2.78. The van der Waals surface area contributed by atoms with E-state index in [1.807, 2.05) is 13.8 Å². The molecule has 2 amide bonds. The number of carbonyl (C=O) groups excluding carboxylic acids is 1. The van der Waals surface area contributed by atoms with E-state index in [0.717, 1.165) is 4.31 Å². The van der Waals surface area contributed by atoms with Gasteiger partial charge >= 0.3 is 6.03 Å². The average Bonchev–Trinajstić information content (AvgIpc) is 3.13. The van der Waals surface area contributed by atoms with E-state index in [9.17, 15) is 13.2 Å². The number of nitrogens with one attached hydrogen (secondary N) is 2. The van der Waals surface area contributed by atoms with Crippen molar-refractivity contribution in [3.05, 3.63) is 24.2 Å². The molecule has 2 rings (SSSR count). The van der Waals surface area contributed by atoms with Crippen LogP contribution in [0.5, 0.6) is 0 Å². The Morgan fingerprint density at radius 2 is 2.12 bits per heavy atom. The number of amides is 2. The van der Waals surface area contributed by atoms with Crippen LogP contribution in [0.4, 0.5) is 4.79 Å². The Hall–Kier alpha value is -1.58. The van der Waals surface area contributed by atoms with Gasteiger partial charge in [-0.3, -0.25) is 0 Å². The van der Waals surface area contributed by atoms with E-state index in [-0.39, 0.29) is 23.9 Å². The Balaban J connectivity index is 1.99. The summed E-state index contributed by atoms with van der Waals surface area (Å²) in [4.78, 5) is 14.0. The molecule has 2 N–H and O–H groups in total. The van der Waals surface area contributed by atoms with Crippen LogP contribution in [0, 0.1) is 11.8 Å². The Labute approximate surface area is 143 Å². The molecule has 0 radical (unpaired) electrons. The molecule has 0 aliphatic carbocycles. The van der Waals surface area contributed by atoms with Crippen LogP contribution in [0.3, 0.4) is 0 Å². The van der Waals surface area contributed by atoms with Crippen molar-refractivity contribution in [2.45, 2.75) is 26.4 Å². The van der Waals surface area contributed by atoms with Crippen molar-refractivity contribution in [1.29, 1.82) is 0 Å². The maximum absolute atomic E-state index is 12.3. The van der Waals surface area contributed by atoms with E-state index >= 15 is 0 Å². The van der Waals surface area contributed by atoms with Crippen LogP contribution < -0.4 is 10.0 Å². The highest BCUT2D eigenvalue weighted by atomic mass is 32.2. The van der Waals surface area contributed by atoms with Crippen molar-refractivity contribution < 1.29 is 17.6 Å². The van der Waals surface area contributed by atoms with Gasteiger partial charge in [-0.15, -0.1) is 0 Å². The Kier molecular flexibility index (Phi) is 5.89. The predicted molar refractivity (Wildman–Crippen MR) is 90.4 cm³/mol. The number of hydrogen-bond donors (Lipinski definition) is 2. The molecule has 0 spiro atoms. The number of likely N-dealkylation sites (tertiary alicyclic amines) is 1. The van der Waals surface area contributed by atoms with Gasteiger partial charge in [-0.25, -0.2) is 4.79 Å². The summed E-state index contributed by atoms with van der Waals surface area (Å²) >= 11 is 0. The van der Waals surface area contributed by atoms with Crippen LogP contribution in [0.2, 0.25) is 0 Å². The Bertz CT molecular complexity index is 642. The molecule has 0 bridgehead atoms. The molecule has 2 heterocycles. The Morgan fingerprint density at radius 1 is 1.42 bits per heavy atom. The molecule has 1 aliphatic heterocycles. The number of nitrogens with zero attached hydrogens (tertiary/aromatic N) is 2. The summed E-state index contributed by atoms with van der Waals surface area (Å²) < 4.78 is 33.2. The summed E-state index contributed by atoms with van der Waals surface area (Å²) in [5.41, 5.74) is 0. The molecule has 1 fully saturated rings.